The zero-order chi connectivity index (χ0) is 17.0. The highest BCUT2D eigenvalue weighted by Gasteiger charge is 2.39. The molecule has 0 radical (unpaired) electrons. The maximum absolute atomic E-state index is 9.66. The maximum atomic E-state index is 9.66. The zero-order valence-electron chi connectivity index (χ0n) is 16.2. The fraction of sp³-hybridized carbons (Fsp3) is 0.957. The molecule has 0 spiro atoms. The molecule has 24 heavy (non-hydrogen) atoms. The molecule has 0 heterocycles. The van der Waals surface area contributed by atoms with Crippen LogP contribution in [0.4, 0.5) is 0 Å². The summed E-state index contributed by atoms with van der Waals surface area (Å²) >= 11 is 0. The van der Waals surface area contributed by atoms with E-state index in [-0.39, 0.29) is 5.41 Å². The molecule has 3 aliphatic rings. The second-order valence-corrected chi connectivity index (χ2v) is 9.47. The fourth-order valence-electron chi connectivity index (χ4n) is 6.47. The largest absolute Gasteiger partial charge is 0.198 e. The Hall–Kier alpha value is -0.510. The van der Waals surface area contributed by atoms with Crippen molar-refractivity contribution in [1.29, 1.82) is 5.26 Å². The van der Waals surface area contributed by atoms with Crippen molar-refractivity contribution in [3.05, 3.63) is 0 Å². The van der Waals surface area contributed by atoms with Crippen LogP contribution < -0.4 is 0 Å². The molecule has 1 nitrogen and oxygen atoms in total. The molecule has 136 valence electrons. The summed E-state index contributed by atoms with van der Waals surface area (Å²) in [5.41, 5.74) is 0.0261. The van der Waals surface area contributed by atoms with Crippen molar-refractivity contribution in [2.75, 3.05) is 0 Å². The van der Waals surface area contributed by atoms with Gasteiger partial charge < -0.3 is 0 Å². The summed E-state index contributed by atoms with van der Waals surface area (Å²) in [6.45, 7) is 4.60. The Morgan fingerprint density at radius 1 is 0.792 bits per heavy atom. The van der Waals surface area contributed by atoms with Crippen molar-refractivity contribution < 1.29 is 0 Å². The van der Waals surface area contributed by atoms with E-state index in [0.29, 0.717) is 0 Å². The SMILES string of the molecule is CCC1CCC(C2CCC(C3CCCC(C#N)(CC)C3)CC2)CC1. The zero-order valence-corrected chi connectivity index (χ0v) is 16.2. The summed E-state index contributed by atoms with van der Waals surface area (Å²) < 4.78 is 0. The third kappa shape index (κ3) is 4.00. The summed E-state index contributed by atoms with van der Waals surface area (Å²) in [5, 5.41) is 9.66. The molecule has 0 amide bonds. The minimum atomic E-state index is 0.0261. The van der Waals surface area contributed by atoms with E-state index in [1.54, 1.807) is 0 Å². The van der Waals surface area contributed by atoms with E-state index in [4.69, 9.17) is 0 Å². The van der Waals surface area contributed by atoms with E-state index in [2.05, 4.69) is 19.9 Å². The Labute approximate surface area is 150 Å². The van der Waals surface area contributed by atoms with Crippen LogP contribution in [0.5, 0.6) is 0 Å². The number of hydrogen-bond acceptors (Lipinski definition) is 1. The molecule has 2 atom stereocenters. The Morgan fingerprint density at radius 3 is 1.83 bits per heavy atom. The van der Waals surface area contributed by atoms with Gasteiger partial charge in [-0.25, -0.2) is 0 Å². The van der Waals surface area contributed by atoms with Crippen LogP contribution in [0.1, 0.15) is 104 Å². The van der Waals surface area contributed by atoms with E-state index >= 15 is 0 Å². The lowest BCUT2D eigenvalue weighted by atomic mass is 9.61. The first-order chi connectivity index (χ1) is 11.7. The summed E-state index contributed by atoms with van der Waals surface area (Å²) in [4.78, 5) is 0. The van der Waals surface area contributed by atoms with E-state index < -0.39 is 0 Å². The third-order valence-corrected chi connectivity index (χ3v) is 8.42. The van der Waals surface area contributed by atoms with Crippen molar-refractivity contribution in [1.82, 2.24) is 0 Å². The topological polar surface area (TPSA) is 23.8 Å². The molecule has 1 heteroatoms. The standard InChI is InChI=1S/C23H39N/c1-3-18-7-9-19(10-8-18)20-11-13-21(14-12-20)22-6-5-15-23(4-2,16-22)17-24/h18-22H,3-16H2,1-2H3. The average molecular weight is 330 g/mol. The summed E-state index contributed by atoms with van der Waals surface area (Å²) in [6.07, 6.45) is 19.5. The van der Waals surface area contributed by atoms with Crippen LogP contribution in [0.15, 0.2) is 0 Å². The maximum Gasteiger partial charge on any atom is 0.0689 e. The smallest absolute Gasteiger partial charge is 0.0689 e. The van der Waals surface area contributed by atoms with Gasteiger partial charge in [0.1, 0.15) is 0 Å². The number of nitrogens with zero attached hydrogens (tertiary/aromatic N) is 1. The van der Waals surface area contributed by atoms with Crippen LogP contribution in [0.3, 0.4) is 0 Å². The van der Waals surface area contributed by atoms with E-state index in [1.807, 2.05) is 0 Å². The van der Waals surface area contributed by atoms with Gasteiger partial charge in [-0.2, -0.15) is 5.26 Å². The van der Waals surface area contributed by atoms with Crippen LogP contribution in [0.2, 0.25) is 0 Å². The second kappa shape index (κ2) is 8.25. The van der Waals surface area contributed by atoms with Crippen LogP contribution in [-0.4, -0.2) is 0 Å². The van der Waals surface area contributed by atoms with Gasteiger partial charge in [0, 0.05) is 0 Å². The molecule has 3 rings (SSSR count). The molecule has 2 unspecified atom stereocenters. The monoisotopic (exact) mass is 329 g/mol. The molecule has 0 aromatic rings. The highest BCUT2D eigenvalue weighted by Crippen LogP contribution is 2.49. The number of rotatable bonds is 4. The first kappa shape index (κ1) is 18.3. The summed E-state index contributed by atoms with van der Waals surface area (Å²) in [6, 6.07) is 2.71. The van der Waals surface area contributed by atoms with Crippen LogP contribution >= 0.6 is 0 Å². The lowest BCUT2D eigenvalue weighted by molar-refractivity contribution is 0.0843. The molecule has 0 N–H and O–H groups in total. The van der Waals surface area contributed by atoms with Gasteiger partial charge in [-0.05, 0) is 87.4 Å². The summed E-state index contributed by atoms with van der Waals surface area (Å²) in [7, 11) is 0. The van der Waals surface area contributed by atoms with Crippen molar-refractivity contribution >= 4 is 0 Å². The molecular formula is C23H39N. The second-order valence-electron chi connectivity index (χ2n) is 9.47. The normalized spacial score (nSPS) is 44.0. The minimum Gasteiger partial charge on any atom is -0.198 e. The van der Waals surface area contributed by atoms with Crippen LogP contribution in [-0.2, 0) is 0 Å². The van der Waals surface area contributed by atoms with Crippen molar-refractivity contribution in [3.63, 3.8) is 0 Å². The molecule has 0 aliphatic heterocycles. The molecule has 0 aromatic heterocycles. The first-order valence-electron chi connectivity index (χ1n) is 11.1. The molecular weight excluding hydrogens is 290 g/mol. The number of hydrogen-bond donors (Lipinski definition) is 0. The molecule has 3 aliphatic carbocycles. The highest BCUT2D eigenvalue weighted by atomic mass is 14.5. The Morgan fingerprint density at radius 2 is 1.33 bits per heavy atom. The Balaban J connectivity index is 1.48. The van der Waals surface area contributed by atoms with Gasteiger partial charge in [-0.3, -0.25) is 0 Å². The van der Waals surface area contributed by atoms with Crippen LogP contribution in [0, 0.1) is 46.3 Å². The van der Waals surface area contributed by atoms with Crippen molar-refractivity contribution in [2.24, 2.45) is 35.0 Å². The van der Waals surface area contributed by atoms with Gasteiger partial charge in [0.05, 0.1) is 11.5 Å². The quantitative estimate of drug-likeness (QED) is 0.538. The van der Waals surface area contributed by atoms with Gasteiger partial charge in [0.15, 0.2) is 0 Å². The third-order valence-electron chi connectivity index (χ3n) is 8.42. The Bertz CT molecular complexity index is 420. The molecule has 3 saturated carbocycles. The van der Waals surface area contributed by atoms with E-state index in [0.717, 1.165) is 42.4 Å². The first-order valence-corrected chi connectivity index (χ1v) is 11.1. The molecule has 0 bridgehead atoms. The molecule has 0 aromatic carbocycles. The fourth-order valence-corrected chi connectivity index (χ4v) is 6.47. The molecule has 3 fully saturated rings. The van der Waals surface area contributed by atoms with Crippen molar-refractivity contribution in [3.8, 4) is 6.07 Å². The average Bonchev–Trinajstić information content (AvgIpc) is 2.68. The lowest BCUT2D eigenvalue weighted by Crippen LogP contribution is -2.33. The Kier molecular flexibility index (Phi) is 6.28. The van der Waals surface area contributed by atoms with Gasteiger partial charge >= 0.3 is 0 Å². The predicted octanol–water partition coefficient (Wildman–Crippen LogP) is 7.12. The minimum absolute atomic E-state index is 0.0261. The van der Waals surface area contributed by atoms with Gasteiger partial charge in [-0.1, -0.05) is 46.0 Å². The van der Waals surface area contributed by atoms with E-state index in [9.17, 15) is 5.26 Å². The van der Waals surface area contributed by atoms with Gasteiger partial charge in [-0.15, -0.1) is 0 Å². The highest BCUT2D eigenvalue weighted by molar-refractivity contribution is 5.02. The van der Waals surface area contributed by atoms with E-state index in [1.165, 1.54) is 77.0 Å². The molecule has 0 saturated heterocycles. The van der Waals surface area contributed by atoms with Gasteiger partial charge in [0.25, 0.3) is 0 Å². The lowest BCUT2D eigenvalue weighted by Gasteiger charge is -2.43. The van der Waals surface area contributed by atoms with Crippen molar-refractivity contribution in [2.45, 2.75) is 104 Å². The van der Waals surface area contributed by atoms with Gasteiger partial charge in [0.2, 0.25) is 0 Å². The number of nitriles is 1. The predicted molar refractivity (Wildman–Crippen MR) is 101 cm³/mol. The summed E-state index contributed by atoms with van der Waals surface area (Å²) in [5.74, 6) is 4.92. The van der Waals surface area contributed by atoms with Crippen LogP contribution in [0.25, 0.3) is 0 Å².